The van der Waals surface area contributed by atoms with E-state index >= 15 is 0 Å². The van der Waals surface area contributed by atoms with Crippen LogP contribution in [-0.4, -0.2) is 43.8 Å². The van der Waals surface area contributed by atoms with Crippen LogP contribution in [-0.2, 0) is 32.3 Å². The van der Waals surface area contributed by atoms with Crippen molar-refractivity contribution in [2.75, 3.05) is 10.8 Å². The SMILES string of the molecule is CC[C@H](C)NC(=O)[C@@H](C)N(Cc1ccc(Br)cc1)C(=O)CN(c1ccc(Cl)c(C(F)(F)F)c1)S(=O)(=O)c1ccccc1. The molecule has 7 nitrogen and oxygen atoms in total. The second-order valence-corrected chi connectivity index (χ2v) is 12.8. The van der Waals surface area contributed by atoms with Gasteiger partial charge >= 0.3 is 6.18 Å². The zero-order valence-corrected chi connectivity index (χ0v) is 26.2. The molecule has 0 aliphatic heterocycles. The molecule has 3 rings (SSSR count). The highest BCUT2D eigenvalue weighted by Crippen LogP contribution is 2.38. The van der Waals surface area contributed by atoms with Crippen LogP contribution < -0.4 is 9.62 Å². The highest BCUT2D eigenvalue weighted by molar-refractivity contribution is 9.10. The second-order valence-electron chi connectivity index (χ2n) is 9.63. The first kappa shape index (κ1) is 33.4. The molecular formula is C29H30BrClF3N3O4S. The number of amides is 2. The van der Waals surface area contributed by atoms with E-state index in [0.29, 0.717) is 22.4 Å². The van der Waals surface area contributed by atoms with Crippen molar-refractivity contribution in [3.05, 3.63) is 93.4 Å². The second kappa shape index (κ2) is 13.9. The summed E-state index contributed by atoms with van der Waals surface area (Å²) in [5, 5.41) is 2.20. The molecule has 2 atom stereocenters. The zero-order chi connectivity index (χ0) is 31.2. The number of nitrogens with one attached hydrogen (secondary N) is 1. The lowest BCUT2D eigenvalue weighted by Gasteiger charge is -2.32. The number of benzene rings is 3. The Bertz CT molecular complexity index is 1510. The monoisotopic (exact) mass is 687 g/mol. The predicted molar refractivity (Wildman–Crippen MR) is 159 cm³/mol. The summed E-state index contributed by atoms with van der Waals surface area (Å²) in [6.07, 6.45) is -4.24. The minimum absolute atomic E-state index is 0.0607. The van der Waals surface area contributed by atoms with E-state index in [1.165, 1.54) is 36.1 Å². The van der Waals surface area contributed by atoms with Gasteiger partial charge < -0.3 is 10.2 Å². The molecule has 0 aromatic heterocycles. The molecule has 0 heterocycles. The first-order chi connectivity index (χ1) is 19.6. The van der Waals surface area contributed by atoms with Gasteiger partial charge in [0.05, 0.1) is 21.2 Å². The summed E-state index contributed by atoms with van der Waals surface area (Å²) in [5.41, 5.74) is -1.02. The van der Waals surface area contributed by atoms with Gasteiger partial charge in [-0.3, -0.25) is 13.9 Å². The predicted octanol–water partition coefficient (Wildman–Crippen LogP) is 6.65. The Morgan fingerprint density at radius 2 is 1.62 bits per heavy atom. The van der Waals surface area contributed by atoms with Crippen molar-refractivity contribution in [3.8, 4) is 0 Å². The molecule has 0 radical (unpaired) electrons. The molecule has 0 spiro atoms. The molecule has 42 heavy (non-hydrogen) atoms. The van der Waals surface area contributed by atoms with Gasteiger partial charge in [0.15, 0.2) is 0 Å². The van der Waals surface area contributed by atoms with Crippen LogP contribution in [0.3, 0.4) is 0 Å². The molecule has 0 fully saturated rings. The van der Waals surface area contributed by atoms with Gasteiger partial charge in [-0.1, -0.05) is 64.8 Å². The highest BCUT2D eigenvalue weighted by Gasteiger charge is 2.37. The summed E-state index contributed by atoms with van der Waals surface area (Å²) >= 11 is 9.14. The topological polar surface area (TPSA) is 86.8 Å². The Kier molecular flexibility index (Phi) is 11.1. The van der Waals surface area contributed by atoms with Crippen molar-refractivity contribution >= 4 is 55.1 Å². The van der Waals surface area contributed by atoms with E-state index in [1.54, 1.807) is 37.3 Å². The van der Waals surface area contributed by atoms with Crippen molar-refractivity contribution in [2.24, 2.45) is 0 Å². The van der Waals surface area contributed by atoms with Gasteiger partial charge in [-0.05, 0) is 68.3 Å². The van der Waals surface area contributed by atoms with Gasteiger partial charge in [-0.25, -0.2) is 8.42 Å². The lowest BCUT2D eigenvalue weighted by molar-refractivity contribution is -0.139. The molecule has 1 N–H and O–H groups in total. The Balaban J connectivity index is 2.10. The summed E-state index contributed by atoms with van der Waals surface area (Å²) in [4.78, 5) is 28.0. The standard InChI is InChI=1S/C29H30BrClF3N3O4S/c1-4-19(2)35-28(39)20(3)36(17-21-10-12-22(30)13-11-21)27(38)18-37(42(40,41)24-8-6-5-7-9-24)23-14-15-26(31)25(16-23)29(32,33)34/h5-16,19-20H,4,17-18H2,1-3H3,(H,35,39)/t19-,20+/m0/s1. The number of sulfonamides is 1. The molecule has 226 valence electrons. The molecule has 0 aliphatic carbocycles. The number of rotatable bonds is 11. The Morgan fingerprint density at radius 1 is 1.00 bits per heavy atom. The lowest BCUT2D eigenvalue weighted by atomic mass is 10.1. The molecule has 0 saturated carbocycles. The fourth-order valence-corrected chi connectivity index (χ4v) is 5.88. The van der Waals surface area contributed by atoms with Gasteiger partial charge in [0, 0.05) is 17.1 Å². The van der Waals surface area contributed by atoms with Crippen LogP contribution in [0.25, 0.3) is 0 Å². The highest BCUT2D eigenvalue weighted by atomic mass is 79.9. The molecular weight excluding hydrogens is 659 g/mol. The number of carbonyl (C=O) groups excluding carboxylic acids is 2. The van der Waals surface area contributed by atoms with Gasteiger partial charge in [-0.2, -0.15) is 13.2 Å². The largest absolute Gasteiger partial charge is 0.417 e. The minimum Gasteiger partial charge on any atom is -0.352 e. The first-order valence-corrected chi connectivity index (χ1v) is 15.5. The Labute approximate surface area is 256 Å². The van der Waals surface area contributed by atoms with E-state index in [9.17, 15) is 31.2 Å². The molecule has 3 aromatic rings. The van der Waals surface area contributed by atoms with Gasteiger partial charge in [0.2, 0.25) is 11.8 Å². The number of carbonyl (C=O) groups is 2. The van der Waals surface area contributed by atoms with E-state index in [1.807, 2.05) is 6.92 Å². The first-order valence-electron chi connectivity index (χ1n) is 12.9. The smallest absolute Gasteiger partial charge is 0.352 e. The van der Waals surface area contributed by atoms with E-state index in [0.717, 1.165) is 16.6 Å². The van der Waals surface area contributed by atoms with Crippen LogP contribution in [0, 0.1) is 0 Å². The molecule has 0 unspecified atom stereocenters. The van der Waals surface area contributed by atoms with Crippen LogP contribution in [0.1, 0.15) is 38.3 Å². The number of hydrogen-bond donors (Lipinski definition) is 1. The normalized spacial score (nSPS) is 13.2. The van der Waals surface area contributed by atoms with Crippen LogP contribution in [0.5, 0.6) is 0 Å². The summed E-state index contributed by atoms with van der Waals surface area (Å²) in [6, 6.07) is 15.4. The third kappa shape index (κ3) is 8.26. The quantitative estimate of drug-likeness (QED) is 0.245. The summed E-state index contributed by atoms with van der Waals surface area (Å²) < 4.78 is 70.1. The number of hydrogen-bond acceptors (Lipinski definition) is 4. The van der Waals surface area contributed by atoms with Gasteiger partial charge in [0.1, 0.15) is 12.6 Å². The van der Waals surface area contributed by atoms with E-state index < -0.39 is 56.9 Å². The van der Waals surface area contributed by atoms with Crippen LogP contribution >= 0.6 is 27.5 Å². The van der Waals surface area contributed by atoms with Crippen molar-refractivity contribution in [2.45, 2.75) is 56.9 Å². The summed E-state index contributed by atoms with van der Waals surface area (Å²) in [7, 11) is -4.54. The maximum Gasteiger partial charge on any atom is 0.417 e. The average molecular weight is 689 g/mol. The van der Waals surface area contributed by atoms with Crippen molar-refractivity contribution in [3.63, 3.8) is 0 Å². The zero-order valence-electron chi connectivity index (χ0n) is 23.0. The number of nitrogens with zero attached hydrogens (tertiary/aromatic N) is 2. The van der Waals surface area contributed by atoms with Crippen molar-refractivity contribution in [1.29, 1.82) is 0 Å². The third-order valence-electron chi connectivity index (χ3n) is 6.59. The summed E-state index contributed by atoms with van der Waals surface area (Å²) in [6.45, 7) is 4.25. The molecule has 0 aliphatic rings. The Hall–Kier alpha value is -3.09. The van der Waals surface area contributed by atoms with Crippen LogP contribution in [0.15, 0.2) is 82.2 Å². The molecule has 13 heteroatoms. The number of anilines is 1. The molecule has 0 bridgehead atoms. The fraction of sp³-hybridized carbons (Fsp3) is 0.310. The maximum absolute atomic E-state index is 13.9. The molecule has 2 amide bonds. The maximum atomic E-state index is 13.9. The average Bonchev–Trinajstić information content (AvgIpc) is 2.95. The fourth-order valence-electron chi connectivity index (χ4n) is 3.97. The van der Waals surface area contributed by atoms with Gasteiger partial charge in [0.25, 0.3) is 10.0 Å². The van der Waals surface area contributed by atoms with Crippen LogP contribution in [0.4, 0.5) is 18.9 Å². The number of halogens is 5. The Morgan fingerprint density at radius 3 is 2.19 bits per heavy atom. The minimum atomic E-state index is -4.88. The third-order valence-corrected chi connectivity index (χ3v) is 9.23. The van der Waals surface area contributed by atoms with Crippen molar-refractivity contribution in [1.82, 2.24) is 10.2 Å². The molecule has 3 aromatic carbocycles. The lowest BCUT2D eigenvalue weighted by Crippen LogP contribution is -2.52. The van der Waals surface area contributed by atoms with E-state index in [4.69, 9.17) is 11.6 Å². The van der Waals surface area contributed by atoms with Crippen molar-refractivity contribution < 1.29 is 31.2 Å². The van der Waals surface area contributed by atoms with Gasteiger partial charge in [-0.15, -0.1) is 0 Å². The van der Waals surface area contributed by atoms with E-state index in [2.05, 4.69) is 21.2 Å². The van der Waals surface area contributed by atoms with Crippen LogP contribution in [0.2, 0.25) is 5.02 Å². The summed E-state index contributed by atoms with van der Waals surface area (Å²) in [5.74, 6) is -1.26. The van der Waals surface area contributed by atoms with E-state index in [-0.39, 0.29) is 17.5 Å². The molecule has 0 saturated heterocycles. The number of alkyl halides is 3.